The monoisotopic (exact) mass is 311 g/mol. The van der Waals surface area contributed by atoms with Crippen molar-refractivity contribution in [2.45, 2.75) is 38.5 Å². The zero-order valence-corrected chi connectivity index (χ0v) is 11.8. The lowest BCUT2D eigenvalue weighted by atomic mass is 9.35. The summed E-state index contributed by atoms with van der Waals surface area (Å²) < 4.78 is 0. The molecule has 0 aromatic heterocycles. The van der Waals surface area contributed by atoms with E-state index in [-0.39, 0.29) is 38.5 Å². The van der Waals surface area contributed by atoms with Crippen molar-refractivity contribution < 1.29 is 34.5 Å². The van der Waals surface area contributed by atoms with Gasteiger partial charge in [0.2, 0.25) is 5.91 Å². The van der Waals surface area contributed by atoms with Gasteiger partial charge >= 0.3 is 17.9 Å². The number of hydrogen-bond acceptors (Lipinski definition) is 4. The maximum Gasteiger partial charge on any atom is 0.309 e. The fraction of sp³-hybridized carbons (Fsp3) is 0.714. The molecule has 0 radical (unpaired) electrons. The molecule has 0 unspecified atom stereocenters. The molecule has 8 heteroatoms. The number of aliphatic carboxylic acids is 3. The first-order valence-electron chi connectivity index (χ1n) is 7.02. The molecule has 4 bridgehead atoms. The van der Waals surface area contributed by atoms with Gasteiger partial charge in [0, 0.05) is 0 Å². The van der Waals surface area contributed by atoms with Crippen LogP contribution in [0.4, 0.5) is 0 Å². The van der Waals surface area contributed by atoms with Gasteiger partial charge in [0.05, 0.1) is 21.7 Å². The topological polar surface area (TPSA) is 155 Å². The van der Waals surface area contributed by atoms with Crippen molar-refractivity contribution in [3.05, 3.63) is 0 Å². The molecule has 0 heterocycles. The Kier molecular flexibility index (Phi) is 2.55. The molecule has 4 fully saturated rings. The average Bonchev–Trinajstić information content (AvgIpc) is 2.36. The van der Waals surface area contributed by atoms with Crippen LogP contribution in [0.15, 0.2) is 0 Å². The van der Waals surface area contributed by atoms with Crippen LogP contribution < -0.4 is 5.73 Å². The first kappa shape index (κ1) is 14.8. The summed E-state index contributed by atoms with van der Waals surface area (Å²) in [6, 6.07) is 0. The highest BCUT2D eigenvalue weighted by Crippen LogP contribution is 2.74. The molecule has 4 saturated carbocycles. The Hall–Kier alpha value is -2.12. The molecule has 0 atom stereocenters. The van der Waals surface area contributed by atoms with Gasteiger partial charge in [-0.2, -0.15) is 0 Å². The van der Waals surface area contributed by atoms with Crippen molar-refractivity contribution in [3.8, 4) is 0 Å². The van der Waals surface area contributed by atoms with Crippen LogP contribution in [0.1, 0.15) is 38.5 Å². The van der Waals surface area contributed by atoms with Crippen LogP contribution in [-0.2, 0) is 19.2 Å². The minimum Gasteiger partial charge on any atom is -0.481 e. The highest BCUT2D eigenvalue weighted by molar-refractivity contribution is 5.91. The number of carbonyl (C=O) groups is 4. The lowest BCUT2D eigenvalue weighted by Gasteiger charge is -2.65. The second kappa shape index (κ2) is 3.80. The minimum absolute atomic E-state index is 0.0747. The van der Waals surface area contributed by atoms with E-state index in [0.717, 1.165) is 0 Å². The molecule has 0 saturated heterocycles. The molecular weight excluding hydrogens is 294 g/mol. The van der Waals surface area contributed by atoms with Crippen LogP contribution in [0, 0.1) is 21.7 Å². The number of rotatable bonds is 4. The van der Waals surface area contributed by atoms with Crippen LogP contribution in [0.25, 0.3) is 0 Å². The molecule has 5 N–H and O–H groups in total. The van der Waals surface area contributed by atoms with Crippen LogP contribution in [0.5, 0.6) is 0 Å². The summed E-state index contributed by atoms with van der Waals surface area (Å²) in [6.07, 6.45) is -0.656. The van der Waals surface area contributed by atoms with Gasteiger partial charge < -0.3 is 21.1 Å². The summed E-state index contributed by atoms with van der Waals surface area (Å²) >= 11 is 0. The molecule has 0 aliphatic heterocycles. The molecule has 4 aliphatic carbocycles. The first-order chi connectivity index (χ1) is 10.0. The predicted octanol–water partition coefficient (Wildman–Crippen LogP) is 0.0525. The molecule has 0 spiro atoms. The molecule has 8 nitrogen and oxygen atoms in total. The van der Waals surface area contributed by atoms with Crippen LogP contribution in [0.2, 0.25) is 0 Å². The maximum atomic E-state index is 12.0. The van der Waals surface area contributed by atoms with Crippen LogP contribution >= 0.6 is 0 Å². The van der Waals surface area contributed by atoms with Gasteiger partial charge in [0.1, 0.15) is 0 Å². The van der Waals surface area contributed by atoms with E-state index in [1.54, 1.807) is 0 Å². The third-order valence-electron chi connectivity index (χ3n) is 5.94. The summed E-state index contributed by atoms with van der Waals surface area (Å²) in [5.41, 5.74) is -0.460. The Morgan fingerprint density at radius 1 is 0.591 bits per heavy atom. The third-order valence-corrected chi connectivity index (χ3v) is 5.94. The second-order valence-electron chi connectivity index (χ2n) is 7.46. The number of carboxylic acid groups (broad SMARTS) is 3. The first-order valence-corrected chi connectivity index (χ1v) is 7.02. The zero-order chi connectivity index (χ0) is 16.6. The molecule has 1 amide bonds. The van der Waals surface area contributed by atoms with Crippen LogP contribution in [0.3, 0.4) is 0 Å². The van der Waals surface area contributed by atoms with E-state index in [1.807, 2.05) is 0 Å². The molecule has 22 heavy (non-hydrogen) atoms. The van der Waals surface area contributed by atoms with E-state index in [9.17, 15) is 34.5 Å². The summed E-state index contributed by atoms with van der Waals surface area (Å²) in [5, 5.41) is 28.9. The highest BCUT2D eigenvalue weighted by Gasteiger charge is 2.76. The summed E-state index contributed by atoms with van der Waals surface area (Å²) in [5.74, 6) is -4.52. The molecular formula is C14H17NO7. The number of hydrogen-bond donors (Lipinski definition) is 4. The lowest BCUT2D eigenvalue weighted by molar-refractivity contribution is -0.224. The van der Waals surface area contributed by atoms with E-state index in [1.165, 1.54) is 0 Å². The quantitative estimate of drug-likeness (QED) is 0.571. The maximum absolute atomic E-state index is 12.0. The summed E-state index contributed by atoms with van der Waals surface area (Å²) in [7, 11) is 0. The average molecular weight is 311 g/mol. The largest absolute Gasteiger partial charge is 0.481 e. The smallest absolute Gasteiger partial charge is 0.309 e. The standard InChI is InChI=1S/C14H17NO7/c15-7(16)11-1-12(8(17)18)4-13(2-11,9(19)20)6-14(3-11,5-12)10(21)22/h1-6H2,(H2,15,16)(H,17,18)(H,19,20)(H,21,22). The van der Waals surface area contributed by atoms with Crippen molar-refractivity contribution in [2.75, 3.05) is 0 Å². The molecule has 0 aromatic carbocycles. The Bertz CT molecular complexity index is 481. The zero-order valence-electron chi connectivity index (χ0n) is 11.8. The van der Waals surface area contributed by atoms with Crippen molar-refractivity contribution in [3.63, 3.8) is 0 Å². The van der Waals surface area contributed by atoms with Gasteiger partial charge in [-0.25, -0.2) is 0 Å². The molecule has 0 aromatic rings. The number of primary amides is 1. The van der Waals surface area contributed by atoms with Crippen molar-refractivity contribution in [2.24, 2.45) is 27.4 Å². The van der Waals surface area contributed by atoms with Gasteiger partial charge in [-0.3, -0.25) is 19.2 Å². The Labute approximate surface area is 125 Å². The number of nitrogens with two attached hydrogens (primary N) is 1. The van der Waals surface area contributed by atoms with Gasteiger partial charge in [-0.15, -0.1) is 0 Å². The van der Waals surface area contributed by atoms with Crippen molar-refractivity contribution >= 4 is 23.8 Å². The summed E-state index contributed by atoms with van der Waals surface area (Å²) in [4.78, 5) is 47.4. The lowest BCUT2D eigenvalue weighted by Crippen LogP contribution is -2.69. The normalized spacial score (nSPS) is 45.5. The Balaban J connectivity index is 2.26. The Morgan fingerprint density at radius 3 is 1.00 bits per heavy atom. The number of carboxylic acids is 3. The van der Waals surface area contributed by atoms with Gasteiger partial charge in [-0.05, 0) is 38.5 Å². The SMILES string of the molecule is NC(=O)C12CC3(C(=O)O)CC(C(=O)O)(C1)CC(C(=O)O)(C2)C3. The Morgan fingerprint density at radius 2 is 0.818 bits per heavy atom. The van der Waals surface area contributed by atoms with Crippen molar-refractivity contribution in [1.29, 1.82) is 0 Å². The van der Waals surface area contributed by atoms with Gasteiger partial charge in [0.15, 0.2) is 0 Å². The molecule has 4 aliphatic rings. The second-order valence-corrected chi connectivity index (χ2v) is 7.46. The van der Waals surface area contributed by atoms with E-state index in [0.29, 0.717) is 0 Å². The third kappa shape index (κ3) is 1.52. The van der Waals surface area contributed by atoms with Gasteiger partial charge in [-0.1, -0.05) is 0 Å². The number of carbonyl (C=O) groups excluding carboxylic acids is 1. The summed E-state index contributed by atoms with van der Waals surface area (Å²) in [6.45, 7) is 0. The molecule has 4 rings (SSSR count). The van der Waals surface area contributed by atoms with Crippen LogP contribution in [-0.4, -0.2) is 39.1 Å². The predicted molar refractivity (Wildman–Crippen MR) is 69.5 cm³/mol. The van der Waals surface area contributed by atoms with E-state index in [2.05, 4.69) is 0 Å². The minimum atomic E-state index is -1.51. The highest BCUT2D eigenvalue weighted by atomic mass is 16.4. The molecule has 120 valence electrons. The van der Waals surface area contributed by atoms with E-state index < -0.39 is 45.5 Å². The number of amides is 1. The fourth-order valence-corrected chi connectivity index (χ4v) is 5.58. The fourth-order valence-electron chi connectivity index (χ4n) is 5.58. The van der Waals surface area contributed by atoms with E-state index in [4.69, 9.17) is 5.73 Å². The van der Waals surface area contributed by atoms with Gasteiger partial charge in [0.25, 0.3) is 0 Å². The van der Waals surface area contributed by atoms with E-state index >= 15 is 0 Å². The van der Waals surface area contributed by atoms with Crippen molar-refractivity contribution in [1.82, 2.24) is 0 Å².